The van der Waals surface area contributed by atoms with E-state index in [1.807, 2.05) is 36.4 Å². The van der Waals surface area contributed by atoms with Crippen LogP contribution in [0.1, 0.15) is 22.6 Å². The van der Waals surface area contributed by atoms with Crippen LogP contribution in [0.5, 0.6) is 11.5 Å². The smallest absolute Gasteiger partial charge is 0.152 e. The minimum Gasteiger partial charge on any atom is -0.508 e. The maximum absolute atomic E-state index is 9.94. The number of H-pyrrole nitrogens is 1. The number of aromatic amines is 1. The molecule has 2 heterocycles. The van der Waals surface area contributed by atoms with Gasteiger partial charge in [0.1, 0.15) is 17.4 Å². The highest BCUT2D eigenvalue weighted by atomic mass is 16.5. The molecule has 2 atom stereocenters. The second kappa shape index (κ2) is 6.37. The molecule has 2 N–H and O–H groups in total. The Hall–Kier alpha value is -3.59. The summed E-state index contributed by atoms with van der Waals surface area (Å²) in [7, 11) is 1.61. The average molecular weight is 344 g/mol. The number of rotatable bonds is 3. The monoisotopic (exact) mass is 344 g/mol. The van der Waals surface area contributed by atoms with Gasteiger partial charge in [-0.2, -0.15) is 10.4 Å². The van der Waals surface area contributed by atoms with Crippen molar-refractivity contribution in [3.63, 3.8) is 0 Å². The number of nitriles is 1. The van der Waals surface area contributed by atoms with Crippen LogP contribution in [0.3, 0.4) is 0 Å². The highest BCUT2D eigenvalue weighted by Crippen LogP contribution is 2.42. The van der Waals surface area contributed by atoms with E-state index in [1.54, 1.807) is 25.4 Å². The third kappa shape index (κ3) is 2.60. The number of aromatic hydroxyl groups is 1. The molecule has 6 nitrogen and oxygen atoms in total. The molecule has 0 bridgehead atoms. The van der Waals surface area contributed by atoms with Crippen molar-refractivity contribution >= 4 is 11.5 Å². The van der Waals surface area contributed by atoms with Crippen LogP contribution in [0.4, 0.5) is 5.82 Å². The van der Waals surface area contributed by atoms with Crippen molar-refractivity contribution in [3.05, 3.63) is 71.4 Å². The fourth-order valence-electron chi connectivity index (χ4n) is 3.33. The summed E-state index contributed by atoms with van der Waals surface area (Å²) < 4.78 is 5.21. The van der Waals surface area contributed by atoms with Gasteiger partial charge in [-0.25, -0.2) is 4.99 Å². The van der Waals surface area contributed by atoms with Crippen molar-refractivity contribution in [1.29, 1.82) is 5.26 Å². The predicted octanol–water partition coefficient (Wildman–Crippen LogP) is 3.53. The first-order valence-corrected chi connectivity index (χ1v) is 8.16. The molecule has 0 fully saturated rings. The second-order valence-electron chi connectivity index (χ2n) is 6.08. The summed E-state index contributed by atoms with van der Waals surface area (Å²) in [5, 5.41) is 26.6. The summed E-state index contributed by atoms with van der Waals surface area (Å²) in [6.45, 7) is 0. The van der Waals surface area contributed by atoms with Crippen molar-refractivity contribution < 1.29 is 9.84 Å². The maximum Gasteiger partial charge on any atom is 0.152 e. The van der Waals surface area contributed by atoms with Gasteiger partial charge in [0, 0.05) is 11.5 Å². The number of ether oxygens (including phenoxy) is 1. The first-order valence-electron chi connectivity index (χ1n) is 8.16. The first kappa shape index (κ1) is 15.9. The number of phenols is 1. The largest absolute Gasteiger partial charge is 0.508 e. The van der Waals surface area contributed by atoms with Crippen LogP contribution in [0, 0.1) is 17.2 Å². The third-order valence-electron chi connectivity index (χ3n) is 4.62. The molecule has 0 spiro atoms. The van der Waals surface area contributed by atoms with E-state index in [0.717, 1.165) is 22.4 Å². The fourth-order valence-corrected chi connectivity index (χ4v) is 3.33. The Morgan fingerprint density at radius 2 is 1.85 bits per heavy atom. The summed E-state index contributed by atoms with van der Waals surface area (Å²) in [6.07, 6.45) is 1.71. The molecule has 3 aromatic rings. The van der Waals surface area contributed by atoms with Crippen LogP contribution in [0.25, 0.3) is 0 Å². The van der Waals surface area contributed by atoms with E-state index in [1.165, 1.54) is 0 Å². The Balaban J connectivity index is 1.85. The Morgan fingerprint density at radius 3 is 2.50 bits per heavy atom. The van der Waals surface area contributed by atoms with Gasteiger partial charge in [-0.1, -0.05) is 12.1 Å². The van der Waals surface area contributed by atoms with E-state index in [2.05, 4.69) is 21.3 Å². The van der Waals surface area contributed by atoms with Gasteiger partial charge in [-0.3, -0.25) is 5.10 Å². The lowest BCUT2D eigenvalue weighted by molar-refractivity contribution is 0.415. The summed E-state index contributed by atoms with van der Waals surface area (Å²) >= 11 is 0. The number of hydrogen-bond donors (Lipinski definition) is 2. The fraction of sp³-hybridized carbons (Fsp3) is 0.150. The van der Waals surface area contributed by atoms with Crippen LogP contribution < -0.4 is 4.74 Å². The number of methoxy groups -OCH3 is 1. The lowest BCUT2D eigenvalue weighted by atomic mass is 9.76. The molecule has 128 valence electrons. The SMILES string of the molecule is COc1ccc(C2=Nc3[nH]ncc3C(c3ccc(O)cc3)C2C#N)cc1. The highest BCUT2D eigenvalue weighted by Gasteiger charge is 2.36. The summed E-state index contributed by atoms with van der Waals surface area (Å²) in [6, 6.07) is 16.8. The number of hydrogen-bond acceptors (Lipinski definition) is 5. The molecule has 2 unspecified atom stereocenters. The molecule has 2 aromatic carbocycles. The number of aromatic nitrogens is 2. The Kier molecular flexibility index (Phi) is 3.90. The van der Waals surface area contributed by atoms with Gasteiger partial charge in [0.25, 0.3) is 0 Å². The van der Waals surface area contributed by atoms with Crippen LogP contribution >= 0.6 is 0 Å². The van der Waals surface area contributed by atoms with Crippen LogP contribution in [-0.4, -0.2) is 28.1 Å². The second-order valence-corrected chi connectivity index (χ2v) is 6.08. The highest BCUT2D eigenvalue weighted by molar-refractivity contribution is 6.07. The number of fused-ring (bicyclic) bond motifs is 1. The zero-order valence-electron chi connectivity index (χ0n) is 14.0. The molecule has 0 saturated heterocycles. The zero-order chi connectivity index (χ0) is 18.1. The van der Waals surface area contributed by atoms with Gasteiger partial charge >= 0.3 is 0 Å². The van der Waals surface area contributed by atoms with Crippen molar-refractivity contribution in [1.82, 2.24) is 10.2 Å². The molecule has 0 saturated carbocycles. The number of nitrogens with zero attached hydrogens (tertiary/aromatic N) is 3. The minimum atomic E-state index is -0.474. The number of benzene rings is 2. The van der Waals surface area contributed by atoms with Crippen LogP contribution in [-0.2, 0) is 0 Å². The van der Waals surface area contributed by atoms with Gasteiger partial charge in [-0.15, -0.1) is 0 Å². The lowest BCUT2D eigenvalue weighted by Gasteiger charge is -2.27. The van der Waals surface area contributed by atoms with Gasteiger partial charge < -0.3 is 9.84 Å². The summed E-state index contributed by atoms with van der Waals surface area (Å²) in [5.74, 6) is 0.896. The van der Waals surface area contributed by atoms with Crippen molar-refractivity contribution in [2.75, 3.05) is 7.11 Å². The Morgan fingerprint density at radius 1 is 1.12 bits per heavy atom. The molecule has 1 aliphatic heterocycles. The van der Waals surface area contributed by atoms with E-state index in [0.29, 0.717) is 11.5 Å². The Labute approximate surface area is 150 Å². The molecule has 26 heavy (non-hydrogen) atoms. The minimum absolute atomic E-state index is 0.189. The molecule has 0 radical (unpaired) electrons. The zero-order valence-corrected chi connectivity index (χ0v) is 14.0. The van der Waals surface area contributed by atoms with Crippen LogP contribution in [0.15, 0.2) is 59.7 Å². The first-order chi connectivity index (χ1) is 12.7. The predicted molar refractivity (Wildman–Crippen MR) is 96.8 cm³/mol. The van der Waals surface area contributed by atoms with E-state index in [-0.39, 0.29) is 11.7 Å². The third-order valence-corrected chi connectivity index (χ3v) is 4.62. The summed E-state index contributed by atoms with van der Waals surface area (Å²) in [5.41, 5.74) is 3.35. The number of phenolic OH excluding ortho intramolecular Hbond substituents is 1. The van der Waals surface area contributed by atoms with E-state index in [9.17, 15) is 10.4 Å². The normalized spacial score (nSPS) is 18.5. The lowest BCUT2D eigenvalue weighted by Crippen LogP contribution is -2.25. The standard InChI is InChI=1S/C20H16N4O2/c1-26-15-8-4-13(5-9-15)19-16(10-21)18(12-2-6-14(25)7-3-12)17-11-22-24-20(17)23-19/h2-9,11,16,18,25H,1H3,(H,22,24). The molecule has 0 amide bonds. The molecular weight excluding hydrogens is 328 g/mol. The van der Waals surface area contributed by atoms with Crippen molar-refractivity contribution in [2.45, 2.75) is 5.92 Å². The van der Waals surface area contributed by atoms with E-state index >= 15 is 0 Å². The van der Waals surface area contributed by atoms with Gasteiger partial charge in [0.15, 0.2) is 5.82 Å². The molecule has 1 aliphatic rings. The molecule has 6 heteroatoms. The Bertz CT molecular complexity index is 998. The molecule has 0 aliphatic carbocycles. The quantitative estimate of drug-likeness (QED) is 0.760. The topological polar surface area (TPSA) is 94.3 Å². The van der Waals surface area contributed by atoms with E-state index < -0.39 is 5.92 Å². The maximum atomic E-state index is 9.94. The average Bonchev–Trinajstić information content (AvgIpc) is 3.15. The van der Waals surface area contributed by atoms with Gasteiger partial charge in [0.2, 0.25) is 0 Å². The van der Waals surface area contributed by atoms with Gasteiger partial charge in [0.05, 0.1) is 25.1 Å². The van der Waals surface area contributed by atoms with Crippen LogP contribution in [0.2, 0.25) is 0 Å². The number of aliphatic imine (C=N–C) groups is 1. The van der Waals surface area contributed by atoms with E-state index in [4.69, 9.17) is 4.74 Å². The van der Waals surface area contributed by atoms with Gasteiger partial charge in [-0.05, 0) is 47.5 Å². The molecular formula is C20H16N4O2. The molecule has 4 rings (SSSR count). The molecule has 1 aromatic heterocycles. The summed E-state index contributed by atoms with van der Waals surface area (Å²) in [4.78, 5) is 4.66. The van der Waals surface area contributed by atoms with Crippen molar-refractivity contribution in [2.24, 2.45) is 10.9 Å². The number of nitrogens with one attached hydrogen (secondary N) is 1. The van der Waals surface area contributed by atoms with Crippen molar-refractivity contribution in [3.8, 4) is 17.6 Å².